The van der Waals surface area contributed by atoms with E-state index in [1.807, 2.05) is 0 Å². The first-order valence-corrected chi connectivity index (χ1v) is 5.61. The molecule has 0 radical (unpaired) electrons. The fourth-order valence-corrected chi connectivity index (χ4v) is 1.63. The van der Waals surface area contributed by atoms with Crippen LogP contribution in [0.25, 0.3) is 0 Å². The number of aromatic nitrogens is 2. The van der Waals surface area contributed by atoms with Gasteiger partial charge in [0.25, 0.3) is 0 Å². The molecule has 0 spiro atoms. The topological polar surface area (TPSA) is 64.9 Å². The first-order valence-electron chi connectivity index (χ1n) is 5.61. The first kappa shape index (κ1) is 10.6. The summed E-state index contributed by atoms with van der Waals surface area (Å²) in [5.41, 5.74) is 5.77. The molecule has 15 heavy (non-hydrogen) atoms. The van der Waals surface area contributed by atoms with Crippen LogP contribution in [-0.4, -0.2) is 10.1 Å². The molecule has 0 bridgehead atoms. The third kappa shape index (κ3) is 1.67. The smallest absolute Gasteiger partial charge is 0.232 e. The van der Waals surface area contributed by atoms with E-state index in [1.54, 1.807) is 0 Å². The fourth-order valence-electron chi connectivity index (χ4n) is 1.63. The van der Waals surface area contributed by atoms with Crippen molar-refractivity contribution in [2.45, 2.75) is 57.4 Å². The van der Waals surface area contributed by atoms with E-state index < -0.39 is 0 Å². The Labute approximate surface area is 90.2 Å². The van der Waals surface area contributed by atoms with E-state index in [-0.39, 0.29) is 11.0 Å². The van der Waals surface area contributed by atoms with Gasteiger partial charge in [-0.15, -0.1) is 0 Å². The molecular weight excluding hydrogens is 190 g/mol. The standard InChI is InChI=1S/C11H19N3O/c1-4-10(2,3)9-13-8(14-15-9)11(12)6-5-7-11/h4-7,12H2,1-3H3. The van der Waals surface area contributed by atoms with Crippen LogP contribution in [0.2, 0.25) is 0 Å². The quantitative estimate of drug-likeness (QED) is 0.827. The average Bonchev–Trinajstić information content (AvgIpc) is 2.63. The Hall–Kier alpha value is -0.900. The van der Waals surface area contributed by atoms with Crippen LogP contribution < -0.4 is 5.73 Å². The van der Waals surface area contributed by atoms with Gasteiger partial charge in [0.2, 0.25) is 5.89 Å². The van der Waals surface area contributed by atoms with E-state index >= 15 is 0 Å². The summed E-state index contributed by atoms with van der Waals surface area (Å²) in [6.07, 6.45) is 4.08. The number of rotatable bonds is 3. The zero-order valence-corrected chi connectivity index (χ0v) is 9.71. The Bertz CT molecular complexity index is 326. The zero-order valence-electron chi connectivity index (χ0n) is 9.71. The van der Waals surface area contributed by atoms with E-state index in [0.29, 0.717) is 11.7 Å². The van der Waals surface area contributed by atoms with Crippen LogP contribution in [0.1, 0.15) is 58.2 Å². The van der Waals surface area contributed by atoms with Crippen LogP contribution in [0.3, 0.4) is 0 Å². The normalized spacial score (nSPS) is 20.0. The van der Waals surface area contributed by atoms with Gasteiger partial charge in [0, 0.05) is 5.41 Å². The molecule has 0 amide bonds. The maximum Gasteiger partial charge on any atom is 0.232 e. The summed E-state index contributed by atoms with van der Waals surface area (Å²) in [6.45, 7) is 6.33. The molecule has 4 heteroatoms. The van der Waals surface area contributed by atoms with Crippen molar-refractivity contribution < 1.29 is 4.52 Å². The highest BCUT2D eigenvalue weighted by Crippen LogP contribution is 2.38. The van der Waals surface area contributed by atoms with Crippen molar-refractivity contribution in [3.8, 4) is 0 Å². The highest BCUT2D eigenvalue weighted by molar-refractivity contribution is 5.11. The molecule has 2 rings (SSSR count). The molecule has 0 aliphatic heterocycles. The van der Waals surface area contributed by atoms with E-state index in [0.717, 1.165) is 25.7 Å². The Balaban J connectivity index is 2.24. The monoisotopic (exact) mass is 209 g/mol. The first-order chi connectivity index (χ1) is 6.98. The second-order valence-electron chi connectivity index (χ2n) is 5.17. The van der Waals surface area contributed by atoms with Crippen molar-refractivity contribution in [3.63, 3.8) is 0 Å². The predicted molar refractivity (Wildman–Crippen MR) is 57.3 cm³/mol. The summed E-state index contributed by atoms with van der Waals surface area (Å²) in [7, 11) is 0. The van der Waals surface area contributed by atoms with Crippen LogP contribution in [0.15, 0.2) is 4.52 Å². The number of hydrogen-bond donors (Lipinski definition) is 1. The van der Waals surface area contributed by atoms with Crippen molar-refractivity contribution in [2.24, 2.45) is 5.73 Å². The molecule has 1 aromatic heterocycles. The van der Waals surface area contributed by atoms with Gasteiger partial charge < -0.3 is 10.3 Å². The maximum atomic E-state index is 6.14. The number of hydrogen-bond acceptors (Lipinski definition) is 4. The SMILES string of the molecule is CCC(C)(C)c1nc(C2(N)CCC2)no1. The fraction of sp³-hybridized carbons (Fsp3) is 0.818. The van der Waals surface area contributed by atoms with Gasteiger partial charge in [-0.1, -0.05) is 25.9 Å². The highest BCUT2D eigenvalue weighted by atomic mass is 16.5. The zero-order chi connectivity index (χ0) is 11.1. The van der Waals surface area contributed by atoms with E-state index in [1.165, 1.54) is 0 Å². The van der Waals surface area contributed by atoms with Crippen molar-refractivity contribution in [1.82, 2.24) is 10.1 Å². The largest absolute Gasteiger partial charge is 0.339 e. The minimum absolute atomic E-state index is 0.0502. The molecule has 0 unspecified atom stereocenters. The molecule has 1 fully saturated rings. The van der Waals surface area contributed by atoms with Gasteiger partial charge >= 0.3 is 0 Å². The lowest BCUT2D eigenvalue weighted by Crippen LogP contribution is -2.44. The van der Waals surface area contributed by atoms with Gasteiger partial charge in [-0.2, -0.15) is 4.98 Å². The maximum absolute atomic E-state index is 6.14. The predicted octanol–water partition coefficient (Wildman–Crippen LogP) is 2.10. The lowest BCUT2D eigenvalue weighted by Gasteiger charge is -2.34. The second kappa shape index (κ2) is 3.30. The van der Waals surface area contributed by atoms with Gasteiger partial charge in [-0.3, -0.25) is 0 Å². The Morgan fingerprint density at radius 2 is 2.13 bits per heavy atom. The molecule has 1 aromatic rings. The van der Waals surface area contributed by atoms with Crippen LogP contribution in [0, 0.1) is 0 Å². The summed E-state index contributed by atoms with van der Waals surface area (Å²) in [6, 6.07) is 0. The second-order valence-corrected chi connectivity index (χ2v) is 5.17. The molecule has 2 N–H and O–H groups in total. The Morgan fingerprint density at radius 1 is 1.47 bits per heavy atom. The lowest BCUT2D eigenvalue weighted by molar-refractivity contribution is 0.227. The minimum Gasteiger partial charge on any atom is -0.339 e. The molecule has 0 atom stereocenters. The molecule has 1 aliphatic carbocycles. The molecule has 4 nitrogen and oxygen atoms in total. The van der Waals surface area contributed by atoms with Crippen molar-refractivity contribution in [1.29, 1.82) is 0 Å². The number of nitrogens with zero attached hydrogens (tertiary/aromatic N) is 2. The summed E-state index contributed by atoms with van der Waals surface area (Å²) in [5, 5.41) is 4.01. The van der Waals surface area contributed by atoms with E-state index in [2.05, 4.69) is 30.9 Å². The summed E-state index contributed by atoms with van der Waals surface area (Å²) in [5.74, 6) is 1.39. The van der Waals surface area contributed by atoms with Crippen LogP contribution in [-0.2, 0) is 11.0 Å². The van der Waals surface area contributed by atoms with E-state index in [9.17, 15) is 0 Å². The van der Waals surface area contributed by atoms with Gasteiger partial charge in [0.1, 0.15) is 0 Å². The average molecular weight is 209 g/mol. The van der Waals surface area contributed by atoms with Gasteiger partial charge in [-0.05, 0) is 25.7 Å². The van der Waals surface area contributed by atoms with Crippen molar-refractivity contribution in [3.05, 3.63) is 11.7 Å². The Morgan fingerprint density at radius 3 is 2.60 bits per heavy atom. The van der Waals surface area contributed by atoms with Crippen molar-refractivity contribution in [2.75, 3.05) is 0 Å². The van der Waals surface area contributed by atoms with Gasteiger partial charge in [-0.25, -0.2) is 0 Å². The summed E-state index contributed by atoms with van der Waals surface area (Å²) in [4.78, 5) is 4.44. The summed E-state index contributed by atoms with van der Waals surface area (Å²) >= 11 is 0. The lowest BCUT2D eigenvalue weighted by atomic mass is 9.77. The van der Waals surface area contributed by atoms with Crippen LogP contribution >= 0.6 is 0 Å². The molecule has 84 valence electrons. The molecule has 0 aromatic carbocycles. The number of nitrogens with two attached hydrogens (primary N) is 1. The molecule has 1 saturated carbocycles. The molecule has 0 saturated heterocycles. The third-order valence-electron chi connectivity index (χ3n) is 3.58. The Kier molecular flexibility index (Phi) is 2.34. The van der Waals surface area contributed by atoms with Crippen molar-refractivity contribution >= 4 is 0 Å². The van der Waals surface area contributed by atoms with Crippen LogP contribution in [0.4, 0.5) is 0 Å². The summed E-state index contributed by atoms with van der Waals surface area (Å²) < 4.78 is 5.30. The van der Waals surface area contributed by atoms with Gasteiger partial charge in [0.15, 0.2) is 5.82 Å². The van der Waals surface area contributed by atoms with Crippen LogP contribution in [0.5, 0.6) is 0 Å². The molecule has 1 heterocycles. The molecule has 1 aliphatic rings. The third-order valence-corrected chi connectivity index (χ3v) is 3.58. The highest BCUT2D eigenvalue weighted by Gasteiger charge is 2.40. The van der Waals surface area contributed by atoms with Gasteiger partial charge in [0.05, 0.1) is 5.54 Å². The van der Waals surface area contributed by atoms with E-state index in [4.69, 9.17) is 10.3 Å². The minimum atomic E-state index is -0.314. The molecular formula is C11H19N3O.